The first-order chi connectivity index (χ1) is 12.5. The molecule has 2 N–H and O–H groups in total. The van der Waals surface area contributed by atoms with Crippen LogP contribution in [0.15, 0.2) is 72.8 Å². The first-order valence-electron chi connectivity index (χ1n) is 8.17. The summed E-state index contributed by atoms with van der Waals surface area (Å²) in [4.78, 5) is 0. The summed E-state index contributed by atoms with van der Waals surface area (Å²) < 4.78 is 13.0. The molecule has 2 nitrogen and oxygen atoms in total. The molecule has 0 unspecified atom stereocenters. The first kappa shape index (κ1) is 18.9. The molecule has 0 saturated carbocycles. The van der Waals surface area contributed by atoms with Crippen molar-refractivity contribution in [3.05, 3.63) is 105 Å². The van der Waals surface area contributed by atoms with Crippen molar-refractivity contribution >= 4 is 23.2 Å². The van der Waals surface area contributed by atoms with E-state index < -0.39 is 5.60 Å². The van der Waals surface area contributed by atoms with Gasteiger partial charge in [-0.15, -0.1) is 0 Å². The van der Waals surface area contributed by atoms with Gasteiger partial charge < -0.3 is 10.4 Å². The van der Waals surface area contributed by atoms with Gasteiger partial charge in [-0.3, -0.25) is 0 Å². The Labute approximate surface area is 162 Å². The standard InChI is InChI=1S/C21H18Cl2FNO/c22-18-7-3-16(4-8-18)21(26,17-5-9-19(23)10-6-17)14-25-13-15-1-11-20(24)12-2-15/h1-12,25-26H,13-14H2. The highest BCUT2D eigenvalue weighted by molar-refractivity contribution is 6.30. The average molecular weight is 390 g/mol. The number of halogens is 3. The highest BCUT2D eigenvalue weighted by Gasteiger charge is 2.31. The smallest absolute Gasteiger partial charge is 0.127 e. The number of hydrogen-bond acceptors (Lipinski definition) is 2. The normalized spacial score (nSPS) is 11.5. The van der Waals surface area contributed by atoms with Crippen LogP contribution >= 0.6 is 23.2 Å². The minimum atomic E-state index is -1.25. The van der Waals surface area contributed by atoms with Crippen LogP contribution in [0.25, 0.3) is 0 Å². The highest BCUT2D eigenvalue weighted by Crippen LogP contribution is 2.31. The molecule has 3 rings (SSSR count). The lowest BCUT2D eigenvalue weighted by Gasteiger charge is -2.30. The first-order valence-corrected chi connectivity index (χ1v) is 8.92. The van der Waals surface area contributed by atoms with Gasteiger partial charge in [-0.2, -0.15) is 0 Å². The Bertz CT molecular complexity index is 803. The Hall–Kier alpha value is -1.91. The summed E-state index contributed by atoms with van der Waals surface area (Å²) >= 11 is 12.0. The number of hydrogen-bond donors (Lipinski definition) is 2. The second kappa shape index (κ2) is 8.19. The fourth-order valence-corrected chi connectivity index (χ4v) is 3.06. The van der Waals surface area contributed by atoms with Crippen LogP contribution in [0.3, 0.4) is 0 Å². The molecule has 0 radical (unpaired) electrons. The van der Waals surface area contributed by atoms with E-state index in [1.54, 1.807) is 60.7 Å². The van der Waals surface area contributed by atoms with Gasteiger partial charge in [0.15, 0.2) is 0 Å². The van der Waals surface area contributed by atoms with Crippen LogP contribution in [0.4, 0.5) is 4.39 Å². The predicted octanol–water partition coefficient (Wildman–Crippen LogP) is 5.16. The molecule has 0 aliphatic heterocycles. The molecule has 0 aliphatic carbocycles. The van der Waals surface area contributed by atoms with Crippen molar-refractivity contribution in [3.63, 3.8) is 0 Å². The van der Waals surface area contributed by atoms with E-state index in [9.17, 15) is 9.50 Å². The van der Waals surface area contributed by atoms with Crippen LogP contribution < -0.4 is 5.32 Å². The molecule has 134 valence electrons. The molecular weight excluding hydrogens is 372 g/mol. The largest absolute Gasteiger partial charge is 0.379 e. The lowest BCUT2D eigenvalue weighted by molar-refractivity contribution is 0.0796. The molecule has 0 fully saturated rings. The molecule has 0 amide bonds. The van der Waals surface area contributed by atoms with E-state index in [2.05, 4.69) is 5.32 Å². The van der Waals surface area contributed by atoms with E-state index in [0.29, 0.717) is 16.6 Å². The molecular formula is C21H18Cl2FNO. The number of nitrogens with one attached hydrogen (secondary N) is 1. The van der Waals surface area contributed by atoms with E-state index in [-0.39, 0.29) is 12.4 Å². The fraction of sp³-hybridized carbons (Fsp3) is 0.143. The maximum Gasteiger partial charge on any atom is 0.127 e. The monoisotopic (exact) mass is 389 g/mol. The van der Waals surface area contributed by atoms with Gasteiger partial charge >= 0.3 is 0 Å². The lowest BCUT2D eigenvalue weighted by Crippen LogP contribution is -2.39. The zero-order chi connectivity index (χ0) is 18.6. The number of aliphatic hydroxyl groups is 1. The summed E-state index contributed by atoms with van der Waals surface area (Å²) in [6, 6.07) is 20.5. The van der Waals surface area contributed by atoms with Crippen LogP contribution in [0.2, 0.25) is 10.0 Å². The number of benzene rings is 3. The Morgan fingerprint density at radius 2 is 1.23 bits per heavy atom. The van der Waals surface area contributed by atoms with Crippen molar-refractivity contribution in [2.75, 3.05) is 6.54 Å². The third-order valence-electron chi connectivity index (χ3n) is 4.27. The highest BCUT2D eigenvalue weighted by atomic mass is 35.5. The second-order valence-corrected chi connectivity index (χ2v) is 6.98. The van der Waals surface area contributed by atoms with E-state index in [1.807, 2.05) is 0 Å². The van der Waals surface area contributed by atoms with Crippen molar-refractivity contribution in [2.45, 2.75) is 12.1 Å². The molecule has 0 spiro atoms. The molecule has 0 aliphatic rings. The van der Waals surface area contributed by atoms with Crippen molar-refractivity contribution in [2.24, 2.45) is 0 Å². The van der Waals surface area contributed by atoms with Crippen LogP contribution in [-0.2, 0) is 12.1 Å². The van der Waals surface area contributed by atoms with Gasteiger partial charge in [-0.1, -0.05) is 59.6 Å². The van der Waals surface area contributed by atoms with Gasteiger partial charge in [0, 0.05) is 23.1 Å². The van der Waals surface area contributed by atoms with Crippen LogP contribution in [0.5, 0.6) is 0 Å². The Kier molecular flexibility index (Phi) is 5.94. The number of rotatable bonds is 6. The second-order valence-electron chi connectivity index (χ2n) is 6.10. The average Bonchev–Trinajstić information content (AvgIpc) is 2.64. The molecule has 3 aromatic rings. The molecule has 0 aromatic heterocycles. The molecule has 0 bridgehead atoms. The molecule has 5 heteroatoms. The molecule has 3 aromatic carbocycles. The maximum absolute atomic E-state index is 13.0. The Morgan fingerprint density at radius 3 is 1.69 bits per heavy atom. The van der Waals surface area contributed by atoms with Gasteiger partial charge in [0.2, 0.25) is 0 Å². The minimum Gasteiger partial charge on any atom is -0.379 e. The third kappa shape index (κ3) is 4.43. The summed E-state index contributed by atoms with van der Waals surface area (Å²) in [5, 5.41) is 15.9. The van der Waals surface area contributed by atoms with Crippen LogP contribution in [-0.4, -0.2) is 11.7 Å². The SMILES string of the molecule is OC(CNCc1ccc(F)cc1)(c1ccc(Cl)cc1)c1ccc(Cl)cc1. The fourth-order valence-electron chi connectivity index (χ4n) is 2.81. The van der Waals surface area contributed by atoms with Crippen LogP contribution in [0.1, 0.15) is 16.7 Å². The topological polar surface area (TPSA) is 32.3 Å². The summed E-state index contributed by atoms with van der Waals surface area (Å²) in [7, 11) is 0. The molecule has 0 saturated heterocycles. The van der Waals surface area contributed by atoms with E-state index in [0.717, 1.165) is 16.7 Å². The maximum atomic E-state index is 13.0. The van der Waals surface area contributed by atoms with E-state index >= 15 is 0 Å². The quantitative estimate of drug-likeness (QED) is 0.610. The van der Waals surface area contributed by atoms with Gasteiger partial charge in [0.05, 0.1) is 0 Å². The summed E-state index contributed by atoms with van der Waals surface area (Å²) in [6.45, 7) is 0.775. The van der Waals surface area contributed by atoms with E-state index in [1.165, 1.54) is 12.1 Å². The third-order valence-corrected chi connectivity index (χ3v) is 4.77. The summed E-state index contributed by atoms with van der Waals surface area (Å²) in [6.07, 6.45) is 0. The minimum absolute atomic E-state index is 0.271. The zero-order valence-electron chi connectivity index (χ0n) is 13.9. The van der Waals surface area contributed by atoms with Crippen LogP contribution in [0, 0.1) is 5.82 Å². The van der Waals surface area contributed by atoms with Gasteiger partial charge in [0.25, 0.3) is 0 Å². The van der Waals surface area contributed by atoms with Crippen molar-refractivity contribution in [3.8, 4) is 0 Å². The Balaban J connectivity index is 1.83. The molecule has 0 heterocycles. The summed E-state index contributed by atoms with van der Waals surface area (Å²) in [5.41, 5.74) is 1.11. The lowest BCUT2D eigenvalue weighted by atomic mass is 9.86. The summed E-state index contributed by atoms with van der Waals surface area (Å²) in [5.74, 6) is -0.271. The van der Waals surface area contributed by atoms with E-state index in [4.69, 9.17) is 23.2 Å². The molecule has 26 heavy (non-hydrogen) atoms. The van der Waals surface area contributed by atoms with Gasteiger partial charge in [-0.25, -0.2) is 4.39 Å². The van der Waals surface area contributed by atoms with Gasteiger partial charge in [-0.05, 0) is 53.1 Å². The van der Waals surface area contributed by atoms with Crippen molar-refractivity contribution in [1.29, 1.82) is 0 Å². The van der Waals surface area contributed by atoms with Gasteiger partial charge in [0.1, 0.15) is 11.4 Å². The van der Waals surface area contributed by atoms with Crippen molar-refractivity contribution < 1.29 is 9.50 Å². The van der Waals surface area contributed by atoms with Crippen molar-refractivity contribution in [1.82, 2.24) is 5.32 Å². The zero-order valence-corrected chi connectivity index (χ0v) is 15.4. The molecule has 0 atom stereocenters. The Morgan fingerprint density at radius 1 is 0.769 bits per heavy atom. The predicted molar refractivity (Wildman–Crippen MR) is 104 cm³/mol.